The fourth-order valence-corrected chi connectivity index (χ4v) is 3.64. The number of benzene rings is 1. The van der Waals surface area contributed by atoms with Crippen molar-refractivity contribution in [1.82, 2.24) is 10.2 Å². The summed E-state index contributed by atoms with van der Waals surface area (Å²) in [7, 11) is 0. The van der Waals surface area contributed by atoms with Crippen LogP contribution in [0.25, 0.3) is 0 Å². The van der Waals surface area contributed by atoms with Crippen LogP contribution in [0.5, 0.6) is 0 Å². The third-order valence-corrected chi connectivity index (χ3v) is 5.61. The summed E-state index contributed by atoms with van der Waals surface area (Å²) in [4.78, 5) is 14.9. The first-order chi connectivity index (χ1) is 11.5. The molecule has 1 aromatic rings. The third-order valence-electron chi connectivity index (χ3n) is 5.08. The maximum Gasteiger partial charge on any atom is 0.240 e. The van der Waals surface area contributed by atoms with Crippen LogP contribution in [0.15, 0.2) is 28.7 Å². The van der Waals surface area contributed by atoms with Gasteiger partial charge in [-0.25, -0.2) is 0 Å². The van der Waals surface area contributed by atoms with Gasteiger partial charge in [0.05, 0.1) is 5.54 Å². The van der Waals surface area contributed by atoms with E-state index in [1.807, 2.05) is 0 Å². The molecule has 0 spiro atoms. The molecule has 8 heteroatoms. The van der Waals surface area contributed by atoms with Crippen molar-refractivity contribution >= 4 is 46.7 Å². The van der Waals surface area contributed by atoms with Crippen molar-refractivity contribution in [3.05, 3.63) is 34.3 Å². The average molecular weight is 469 g/mol. The molecule has 26 heavy (non-hydrogen) atoms. The van der Waals surface area contributed by atoms with Crippen LogP contribution in [0.4, 0.5) is 0 Å². The molecule has 3 N–H and O–H groups in total. The normalized spacial score (nSPS) is 20.5. The van der Waals surface area contributed by atoms with E-state index < -0.39 is 5.54 Å². The van der Waals surface area contributed by atoms with Crippen LogP contribution in [0.1, 0.15) is 31.2 Å². The molecule has 0 saturated carbocycles. The lowest BCUT2D eigenvalue weighted by Gasteiger charge is -2.36. The molecule has 2 saturated heterocycles. The fourth-order valence-electron chi connectivity index (χ4n) is 3.38. The molecular weight excluding hydrogens is 441 g/mol. The first-order valence-electron chi connectivity index (χ1n) is 8.70. The number of amides is 1. The number of hydrogen-bond donors (Lipinski definition) is 2. The van der Waals surface area contributed by atoms with Crippen molar-refractivity contribution in [2.24, 2.45) is 5.73 Å². The van der Waals surface area contributed by atoms with Crippen LogP contribution in [-0.4, -0.2) is 48.7 Å². The molecule has 3 rings (SSSR count). The van der Waals surface area contributed by atoms with Crippen LogP contribution >= 0.6 is 40.7 Å². The van der Waals surface area contributed by atoms with Gasteiger partial charge in [0.25, 0.3) is 0 Å². The topological polar surface area (TPSA) is 67.6 Å². The number of likely N-dealkylation sites (tertiary alicyclic amines) is 1. The largest absolute Gasteiger partial charge is 0.381 e. The quantitative estimate of drug-likeness (QED) is 0.712. The number of nitrogens with zero attached hydrogens (tertiary/aromatic N) is 1. The highest BCUT2D eigenvalue weighted by Crippen LogP contribution is 2.20. The maximum absolute atomic E-state index is 12.5. The van der Waals surface area contributed by atoms with Gasteiger partial charge in [-0.3, -0.25) is 9.69 Å². The number of nitrogens with two attached hydrogens (primary N) is 1. The molecule has 0 radical (unpaired) electrons. The molecule has 2 aliphatic rings. The summed E-state index contributed by atoms with van der Waals surface area (Å²) < 4.78 is 6.42. The minimum atomic E-state index is -0.743. The van der Waals surface area contributed by atoms with E-state index in [2.05, 4.69) is 50.4 Å². The molecule has 1 amide bonds. The number of ether oxygens (including phenoxy) is 1. The fraction of sp³-hybridized carbons (Fsp3) is 0.611. The Balaban J connectivity index is 0.00000169. The maximum atomic E-state index is 12.5. The van der Waals surface area contributed by atoms with Gasteiger partial charge < -0.3 is 15.8 Å². The van der Waals surface area contributed by atoms with E-state index in [0.29, 0.717) is 26.1 Å². The number of piperidine rings is 1. The Morgan fingerprint density at radius 3 is 2.35 bits per heavy atom. The van der Waals surface area contributed by atoms with Crippen molar-refractivity contribution in [2.75, 3.05) is 26.3 Å². The first-order valence-corrected chi connectivity index (χ1v) is 9.49. The average Bonchev–Trinajstić information content (AvgIpc) is 2.59. The molecule has 5 nitrogen and oxygen atoms in total. The first kappa shape index (κ1) is 23.7. The molecule has 148 valence electrons. The molecule has 0 aromatic heterocycles. The van der Waals surface area contributed by atoms with Gasteiger partial charge in [-0.2, -0.15) is 0 Å². The van der Waals surface area contributed by atoms with Crippen molar-refractivity contribution in [3.63, 3.8) is 0 Å². The molecule has 0 bridgehead atoms. The summed E-state index contributed by atoms with van der Waals surface area (Å²) in [5.74, 6) is -0.00263. The van der Waals surface area contributed by atoms with Crippen LogP contribution in [0.3, 0.4) is 0 Å². The smallest absolute Gasteiger partial charge is 0.240 e. The Labute approximate surface area is 176 Å². The summed E-state index contributed by atoms with van der Waals surface area (Å²) >= 11 is 3.47. The monoisotopic (exact) mass is 467 g/mol. The van der Waals surface area contributed by atoms with E-state index in [9.17, 15) is 4.79 Å². The lowest BCUT2D eigenvalue weighted by atomic mass is 9.89. The van der Waals surface area contributed by atoms with Crippen LogP contribution in [0, 0.1) is 0 Å². The summed E-state index contributed by atoms with van der Waals surface area (Å²) in [5.41, 5.74) is 6.83. The Kier molecular flexibility index (Phi) is 9.86. The zero-order chi connectivity index (χ0) is 17.0. The highest BCUT2D eigenvalue weighted by molar-refractivity contribution is 9.10. The number of nitrogens with one attached hydrogen (secondary N) is 1. The van der Waals surface area contributed by atoms with Gasteiger partial charge in [0.1, 0.15) is 0 Å². The van der Waals surface area contributed by atoms with Crippen LogP contribution in [-0.2, 0) is 16.1 Å². The van der Waals surface area contributed by atoms with Crippen LogP contribution < -0.4 is 11.1 Å². The lowest BCUT2D eigenvalue weighted by Crippen LogP contribution is -2.59. The molecule has 0 unspecified atom stereocenters. The van der Waals surface area contributed by atoms with Crippen LogP contribution in [0.2, 0.25) is 0 Å². The SMILES string of the molecule is Cl.Cl.NC1(C(=O)NC2CCN(Cc3ccc(Br)cc3)CC2)CCOCC1. The minimum absolute atomic E-state index is 0. The van der Waals surface area contributed by atoms with Gasteiger partial charge in [-0.1, -0.05) is 28.1 Å². The van der Waals surface area contributed by atoms with E-state index in [0.717, 1.165) is 36.9 Å². The van der Waals surface area contributed by atoms with Crippen molar-refractivity contribution in [1.29, 1.82) is 0 Å². The zero-order valence-corrected chi connectivity index (χ0v) is 18.0. The third kappa shape index (κ3) is 6.36. The second-order valence-electron chi connectivity index (χ2n) is 6.92. The Morgan fingerprint density at radius 2 is 1.77 bits per heavy atom. The van der Waals surface area contributed by atoms with Crippen molar-refractivity contribution in [3.8, 4) is 0 Å². The summed E-state index contributed by atoms with van der Waals surface area (Å²) in [6.45, 7) is 4.13. The van der Waals surface area contributed by atoms with E-state index >= 15 is 0 Å². The number of rotatable bonds is 4. The van der Waals surface area contributed by atoms with Gasteiger partial charge in [0, 0.05) is 43.4 Å². The second-order valence-corrected chi connectivity index (χ2v) is 7.83. The number of carbonyl (C=O) groups is 1. The molecule has 0 atom stereocenters. The number of halogens is 3. The Bertz CT molecular complexity index is 560. The second kappa shape index (κ2) is 10.8. The zero-order valence-electron chi connectivity index (χ0n) is 14.8. The van der Waals surface area contributed by atoms with Crippen molar-refractivity contribution in [2.45, 2.75) is 43.8 Å². The molecule has 2 aliphatic heterocycles. The van der Waals surface area contributed by atoms with Gasteiger partial charge in [-0.05, 0) is 43.4 Å². The van der Waals surface area contributed by atoms with Crippen molar-refractivity contribution < 1.29 is 9.53 Å². The molecular formula is C18H28BrCl2N3O2. The minimum Gasteiger partial charge on any atom is -0.381 e. The summed E-state index contributed by atoms with van der Waals surface area (Å²) in [6.07, 6.45) is 3.19. The Morgan fingerprint density at radius 1 is 1.19 bits per heavy atom. The number of carbonyl (C=O) groups excluding carboxylic acids is 1. The molecule has 0 aliphatic carbocycles. The molecule has 2 fully saturated rings. The summed E-state index contributed by atoms with van der Waals surface area (Å²) in [5, 5.41) is 3.17. The highest BCUT2D eigenvalue weighted by atomic mass is 79.9. The lowest BCUT2D eigenvalue weighted by molar-refractivity contribution is -0.130. The van der Waals surface area contributed by atoms with Gasteiger partial charge in [-0.15, -0.1) is 24.8 Å². The van der Waals surface area contributed by atoms with E-state index in [-0.39, 0.29) is 36.8 Å². The van der Waals surface area contributed by atoms with E-state index in [1.54, 1.807) is 0 Å². The van der Waals surface area contributed by atoms with E-state index in [1.165, 1.54) is 5.56 Å². The highest BCUT2D eigenvalue weighted by Gasteiger charge is 2.37. The van der Waals surface area contributed by atoms with Gasteiger partial charge in [0.2, 0.25) is 5.91 Å². The van der Waals surface area contributed by atoms with Gasteiger partial charge >= 0.3 is 0 Å². The summed E-state index contributed by atoms with van der Waals surface area (Å²) in [6, 6.07) is 8.71. The molecule has 1 aromatic carbocycles. The number of hydrogen-bond acceptors (Lipinski definition) is 4. The predicted octanol–water partition coefficient (Wildman–Crippen LogP) is 2.88. The Hall–Kier alpha value is -0.370. The standard InChI is InChI=1S/C18H26BrN3O2.2ClH/c19-15-3-1-14(2-4-15)13-22-9-5-16(6-10-22)21-17(23)18(20)7-11-24-12-8-18;;/h1-4,16H,5-13,20H2,(H,21,23);2*1H. The predicted molar refractivity (Wildman–Crippen MR) is 112 cm³/mol. The molecule has 2 heterocycles. The van der Waals surface area contributed by atoms with E-state index in [4.69, 9.17) is 10.5 Å². The van der Waals surface area contributed by atoms with Gasteiger partial charge in [0.15, 0.2) is 0 Å².